The van der Waals surface area contributed by atoms with Crippen LogP contribution in [0, 0.1) is 5.92 Å². The molecule has 0 saturated heterocycles. The van der Waals surface area contributed by atoms with Gasteiger partial charge in [-0.3, -0.25) is 4.79 Å². The second-order valence-electron chi connectivity index (χ2n) is 3.52. The highest BCUT2D eigenvalue weighted by molar-refractivity contribution is 5.76. The lowest BCUT2D eigenvalue weighted by Crippen LogP contribution is -2.38. The highest BCUT2D eigenvalue weighted by Gasteiger charge is 2.31. The summed E-state index contributed by atoms with van der Waals surface area (Å²) in [4.78, 5) is 11.0. The summed E-state index contributed by atoms with van der Waals surface area (Å²) in [6, 6.07) is 0. The maximum atomic E-state index is 11.0. The van der Waals surface area contributed by atoms with Gasteiger partial charge in [0.05, 0.1) is 12.2 Å². The minimum absolute atomic E-state index is 0.0938. The Labute approximate surface area is 78.4 Å². The molecule has 1 amide bonds. The minimum atomic E-state index is -0.246. The third-order valence-corrected chi connectivity index (χ3v) is 2.69. The van der Waals surface area contributed by atoms with Gasteiger partial charge in [0, 0.05) is 20.1 Å². The SMILES string of the molecule is CO[C@@H]1CC(C(N)=O)C[C@H](OC)C1. The molecule has 1 rings (SSSR count). The summed E-state index contributed by atoms with van der Waals surface area (Å²) in [5.74, 6) is -0.340. The lowest BCUT2D eigenvalue weighted by atomic mass is 9.85. The molecule has 1 aliphatic rings. The number of ether oxygens (including phenoxy) is 2. The maximum absolute atomic E-state index is 11.0. The third-order valence-electron chi connectivity index (χ3n) is 2.69. The Morgan fingerprint density at radius 1 is 1.15 bits per heavy atom. The van der Waals surface area contributed by atoms with Crippen molar-refractivity contribution in [3.8, 4) is 0 Å². The predicted octanol–water partition coefficient (Wildman–Crippen LogP) is 0.302. The van der Waals surface area contributed by atoms with E-state index in [1.807, 2.05) is 0 Å². The van der Waals surface area contributed by atoms with Crippen molar-refractivity contribution < 1.29 is 14.3 Å². The van der Waals surface area contributed by atoms with Crippen molar-refractivity contribution in [3.05, 3.63) is 0 Å². The molecule has 3 atom stereocenters. The van der Waals surface area contributed by atoms with Gasteiger partial charge in [0.25, 0.3) is 0 Å². The van der Waals surface area contributed by atoms with E-state index >= 15 is 0 Å². The normalized spacial score (nSPS) is 34.5. The number of amides is 1. The van der Waals surface area contributed by atoms with Crippen LogP contribution in [0.2, 0.25) is 0 Å². The third kappa shape index (κ3) is 2.67. The number of hydrogen-bond acceptors (Lipinski definition) is 3. The molecule has 0 aromatic heterocycles. The van der Waals surface area contributed by atoms with Crippen molar-refractivity contribution in [1.29, 1.82) is 0 Å². The van der Waals surface area contributed by atoms with Crippen molar-refractivity contribution in [2.75, 3.05) is 14.2 Å². The molecule has 0 aromatic rings. The molecule has 0 aromatic carbocycles. The average Bonchev–Trinajstić information content (AvgIpc) is 2.16. The Hall–Kier alpha value is -0.610. The van der Waals surface area contributed by atoms with Gasteiger partial charge < -0.3 is 15.2 Å². The Bertz CT molecular complexity index is 172. The second-order valence-corrected chi connectivity index (χ2v) is 3.52. The predicted molar refractivity (Wildman–Crippen MR) is 48.1 cm³/mol. The molecule has 76 valence electrons. The molecule has 1 fully saturated rings. The van der Waals surface area contributed by atoms with Gasteiger partial charge in [-0.25, -0.2) is 0 Å². The molecule has 0 radical (unpaired) electrons. The second kappa shape index (κ2) is 4.58. The molecule has 1 saturated carbocycles. The summed E-state index contributed by atoms with van der Waals surface area (Å²) in [7, 11) is 3.31. The number of nitrogens with two attached hydrogens (primary N) is 1. The van der Waals surface area contributed by atoms with Crippen molar-refractivity contribution in [2.45, 2.75) is 31.5 Å². The molecule has 1 unspecified atom stereocenters. The Balaban J connectivity index is 2.54. The summed E-state index contributed by atoms with van der Waals surface area (Å²) in [5, 5.41) is 0. The Morgan fingerprint density at radius 2 is 1.62 bits per heavy atom. The van der Waals surface area contributed by atoms with E-state index in [2.05, 4.69) is 0 Å². The van der Waals surface area contributed by atoms with Crippen LogP contribution >= 0.6 is 0 Å². The first-order valence-electron chi connectivity index (χ1n) is 4.52. The molecule has 0 bridgehead atoms. The molecule has 4 nitrogen and oxygen atoms in total. The summed E-state index contributed by atoms with van der Waals surface area (Å²) in [5.41, 5.74) is 5.25. The first-order chi connectivity index (χ1) is 6.17. The zero-order chi connectivity index (χ0) is 9.84. The van der Waals surface area contributed by atoms with Gasteiger partial charge in [0.15, 0.2) is 0 Å². The van der Waals surface area contributed by atoms with Crippen molar-refractivity contribution in [3.63, 3.8) is 0 Å². The lowest BCUT2D eigenvalue weighted by molar-refractivity contribution is -0.127. The van der Waals surface area contributed by atoms with Crippen LogP contribution in [0.4, 0.5) is 0 Å². The van der Waals surface area contributed by atoms with Crippen LogP contribution in [0.15, 0.2) is 0 Å². The minimum Gasteiger partial charge on any atom is -0.381 e. The molecule has 0 aliphatic heterocycles. The summed E-state index contributed by atoms with van der Waals surface area (Å²) >= 11 is 0. The summed E-state index contributed by atoms with van der Waals surface area (Å²) in [6.45, 7) is 0. The number of rotatable bonds is 3. The molecular weight excluding hydrogens is 170 g/mol. The molecule has 0 heterocycles. The largest absolute Gasteiger partial charge is 0.381 e. The van der Waals surface area contributed by atoms with Gasteiger partial charge >= 0.3 is 0 Å². The highest BCUT2D eigenvalue weighted by Crippen LogP contribution is 2.27. The topological polar surface area (TPSA) is 61.5 Å². The first-order valence-corrected chi connectivity index (χ1v) is 4.52. The fourth-order valence-electron chi connectivity index (χ4n) is 1.83. The fraction of sp³-hybridized carbons (Fsp3) is 0.889. The molecule has 4 heteroatoms. The van der Waals surface area contributed by atoms with Gasteiger partial charge in [-0.1, -0.05) is 0 Å². The van der Waals surface area contributed by atoms with E-state index in [1.165, 1.54) is 0 Å². The van der Waals surface area contributed by atoms with E-state index in [4.69, 9.17) is 15.2 Å². The van der Waals surface area contributed by atoms with Crippen LogP contribution in [0.3, 0.4) is 0 Å². The van der Waals surface area contributed by atoms with E-state index in [0.29, 0.717) is 0 Å². The number of methoxy groups -OCH3 is 2. The van der Waals surface area contributed by atoms with Gasteiger partial charge in [0.2, 0.25) is 5.91 Å². The maximum Gasteiger partial charge on any atom is 0.220 e. The van der Waals surface area contributed by atoms with Crippen LogP contribution in [-0.2, 0) is 14.3 Å². The zero-order valence-corrected chi connectivity index (χ0v) is 8.16. The van der Waals surface area contributed by atoms with E-state index in [1.54, 1.807) is 14.2 Å². The Morgan fingerprint density at radius 3 is 1.92 bits per heavy atom. The van der Waals surface area contributed by atoms with Gasteiger partial charge in [-0.15, -0.1) is 0 Å². The first kappa shape index (κ1) is 10.5. The standard InChI is InChI=1S/C9H17NO3/c1-12-7-3-6(9(10)11)4-8(5-7)13-2/h6-8H,3-5H2,1-2H3,(H2,10,11)/t6?,7-,8+. The number of primary amides is 1. The lowest BCUT2D eigenvalue weighted by Gasteiger charge is -2.31. The van der Waals surface area contributed by atoms with Crippen molar-refractivity contribution in [1.82, 2.24) is 0 Å². The van der Waals surface area contributed by atoms with E-state index in [9.17, 15) is 4.79 Å². The average molecular weight is 187 g/mol. The van der Waals surface area contributed by atoms with E-state index in [-0.39, 0.29) is 24.0 Å². The highest BCUT2D eigenvalue weighted by atomic mass is 16.5. The molecule has 2 N–H and O–H groups in total. The van der Waals surface area contributed by atoms with Crippen molar-refractivity contribution in [2.24, 2.45) is 11.7 Å². The number of hydrogen-bond donors (Lipinski definition) is 1. The van der Waals surface area contributed by atoms with Crippen LogP contribution in [0.5, 0.6) is 0 Å². The zero-order valence-electron chi connectivity index (χ0n) is 8.16. The van der Waals surface area contributed by atoms with Crippen LogP contribution < -0.4 is 5.73 Å². The van der Waals surface area contributed by atoms with Crippen LogP contribution in [0.1, 0.15) is 19.3 Å². The van der Waals surface area contributed by atoms with Crippen LogP contribution in [0.25, 0.3) is 0 Å². The Kier molecular flexibility index (Phi) is 3.69. The van der Waals surface area contributed by atoms with Crippen molar-refractivity contribution >= 4 is 5.91 Å². The van der Waals surface area contributed by atoms with Gasteiger partial charge in [-0.05, 0) is 19.3 Å². The molecule has 0 spiro atoms. The van der Waals surface area contributed by atoms with Gasteiger partial charge in [0.1, 0.15) is 0 Å². The molecule has 13 heavy (non-hydrogen) atoms. The molecular formula is C9H17NO3. The summed E-state index contributed by atoms with van der Waals surface area (Å²) < 4.78 is 10.4. The van der Waals surface area contributed by atoms with E-state index in [0.717, 1.165) is 19.3 Å². The van der Waals surface area contributed by atoms with Gasteiger partial charge in [-0.2, -0.15) is 0 Å². The summed E-state index contributed by atoms with van der Waals surface area (Å²) in [6.07, 6.45) is 2.53. The van der Waals surface area contributed by atoms with E-state index < -0.39 is 0 Å². The fourth-order valence-corrected chi connectivity index (χ4v) is 1.83. The number of carbonyl (C=O) groups excluding carboxylic acids is 1. The number of carbonyl (C=O) groups is 1. The quantitative estimate of drug-likeness (QED) is 0.691. The smallest absolute Gasteiger partial charge is 0.220 e. The van der Waals surface area contributed by atoms with Crippen LogP contribution in [-0.4, -0.2) is 32.3 Å². The molecule has 1 aliphatic carbocycles. The monoisotopic (exact) mass is 187 g/mol.